The number of hydrogen-bond acceptors (Lipinski definition) is 7. The second-order valence-electron chi connectivity index (χ2n) is 7.68. The molecule has 0 saturated carbocycles. The van der Waals surface area contributed by atoms with Crippen LogP contribution in [0.15, 0.2) is 55.6 Å². The van der Waals surface area contributed by atoms with E-state index in [2.05, 4.69) is 36.1 Å². The molecule has 2 aromatic rings. The Morgan fingerprint density at radius 3 is 2.56 bits per heavy atom. The van der Waals surface area contributed by atoms with Gasteiger partial charge in [-0.2, -0.15) is 0 Å². The van der Waals surface area contributed by atoms with Crippen LogP contribution in [-0.4, -0.2) is 58.8 Å². The van der Waals surface area contributed by atoms with Crippen molar-refractivity contribution in [1.29, 1.82) is 0 Å². The van der Waals surface area contributed by atoms with Crippen molar-refractivity contribution in [2.24, 2.45) is 5.92 Å². The standard InChI is InChI=1S/C24H25N3O6S/c1-3-10-32-23(30)18-9-8-16-6-5-7-17(21(16)25-18)26-22(29)19-12-15(13-20(28)34)14-27(19)24(31)33-11-4-2/h3-9,15,19H,1-2,10-14H2,(H,26,29)(H,28,34). The molecule has 2 atom stereocenters. The molecule has 0 bridgehead atoms. The fraction of sp³-hybridized carbons (Fsp3) is 0.292. The average molecular weight is 484 g/mol. The molecule has 0 aliphatic carbocycles. The number of rotatable bonds is 9. The largest absolute Gasteiger partial charge is 0.457 e. The number of para-hydroxylation sites is 1. The highest BCUT2D eigenvalue weighted by molar-refractivity contribution is 7.96. The molecule has 1 fully saturated rings. The van der Waals surface area contributed by atoms with Gasteiger partial charge in [-0.25, -0.2) is 14.6 Å². The summed E-state index contributed by atoms with van der Waals surface area (Å²) in [7, 11) is 0. The lowest BCUT2D eigenvalue weighted by atomic mass is 10.0. The molecule has 1 aliphatic heterocycles. The molecule has 3 rings (SSSR count). The van der Waals surface area contributed by atoms with Gasteiger partial charge in [0.1, 0.15) is 24.9 Å². The SMILES string of the molecule is C=CCOC(=O)c1ccc2cccc(NC(=O)C3CC(CC(=O)S)CN3C(=O)OCC=C)c2n1. The van der Waals surface area contributed by atoms with Gasteiger partial charge in [-0.3, -0.25) is 14.5 Å². The van der Waals surface area contributed by atoms with Crippen LogP contribution in [0, 0.1) is 5.92 Å². The molecule has 1 aromatic heterocycles. The molecule has 2 heterocycles. The van der Waals surface area contributed by atoms with Gasteiger partial charge in [0, 0.05) is 18.4 Å². The summed E-state index contributed by atoms with van der Waals surface area (Å²) in [4.78, 5) is 55.1. The van der Waals surface area contributed by atoms with Gasteiger partial charge >= 0.3 is 12.1 Å². The lowest BCUT2D eigenvalue weighted by Crippen LogP contribution is -2.43. The molecule has 2 unspecified atom stereocenters. The number of ether oxygens (including phenoxy) is 2. The Morgan fingerprint density at radius 1 is 1.12 bits per heavy atom. The first kappa shape index (κ1) is 25.0. The number of hydrogen-bond donors (Lipinski definition) is 2. The summed E-state index contributed by atoms with van der Waals surface area (Å²) >= 11 is 3.82. The zero-order valence-electron chi connectivity index (χ0n) is 18.4. The number of amides is 2. The van der Waals surface area contributed by atoms with Gasteiger partial charge in [-0.1, -0.05) is 43.5 Å². The minimum absolute atomic E-state index is 0.00217. The number of fused-ring (bicyclic) bond motifs is 1. The smallest absolute Gasteiger partial charge is 0.410 e. The van der Waals surface area contributed by atoms with Gasteiger partial charge in [0.05, 0.1) is 11.2 Å². The number of carbonyl (C=O) groups excluding carboxylic acids is 4. The lowest BCUT2D eigenvalue weighted by Gasteiger charge is -2.23. The first-order chi connectivity index (χ1) is 16.3. The van der Waals surface area contributed by atoms with Crippen molar-refractivity contribution < 1.29 is 28.7 Å². The summed E-state index contributed by atoms with van der Waals surface area (Å²) in [6.07, 6.45) is 2.62. The van der Waals surface area contributed by atoms with Crippen molar-refractivity contribution in [1.82, 2.24) is 9.88 Å². The Labute approximate surface area is 202 Å². The minimum Gasteiger partial charge on any atom is -0.457 e. The van der Waals surface area contributed by atoms with E-state index in [1.54, 1.807) is 24.3 Å². The number of nitrogens with zero attached hydrogens (tertiary/aromatic N) is 2. The maximum Gasteiger partial charge on any atom is 0.410 e. The van der Waals surface area contributed by atoms with Crippen molar-refractivity contribution in [2.75, 3.05) is 25.1 Å². The third-order valence-corrected chi connectivity index (χ3v) is 5.41. The lowest BCUT2D eigenvalue weighted by molar-refractivity contribution is -0.120. The van der Waals surface area contributed by atoms with Gasteiger partial charge in [0.2, 0.25) is 5.91 Å². The van der Waals surface area contributed by atoms with Gasteiger partial charge in [-0.15, -0.1) is 12.6 Å². The molecule has 1 aromatic carbocycles. The highest BCUT2D eigenvalue weighted by Gasteiger charge is 2.41. The van der Waals surface area contributed by atoms with Gasteiger partial charge < -0.3 is 14.8 Å². The predicted molar refractivity (Wildman–Crippen MR) is 130 cm³/mol. The summed E-state index contributed by atoms with van der Waals surface area (Å²) in [6.45, 7) is 7.25. The minimum atomic E-state index is -0.856. The van der Waals surface area contributed by atoms with Crippen molar-refractivity contribution in [3.05, 3.63) is 61.3 Å². The second kappa shape index (κ2) is 11.5. The average Bonchev–Trinajstić information content (AvgIpc) is 3.24. The van der Waals surface area contributed by atoms with Crippen LogP contribution < -0.4 is 5.32 Å². The van der Waals surface area contributed by atoms with Crippen molar-refractivity contribution in [3.63, 3.8) is 0 Å². The number of likely N-dealkylation sites (tertiary alicyclic amines) is 1. The van der Waals surface area contributed by atoms with Crippen LogP contribution in [0.5, 0.6) is 0 Å². The molecule has 2 amide bonds. The van der Waals surface area contributed by atoms with Crippen LogP contribution in [0.25, 0.3) is 10.9 Å². The van der Waals surface area contributed by atoms with E-state index in [9.17, 15) is 19.2 Å². The van der Waals surface area contributed by atoms with E-state index in [0.29, 0.717) is 16.6 Å². The summed E-state index contributed by atoms with van der Waals surface area (Å²) in [5.74, 6) is -1.30. The molecular weight excluding hydrogens is 458 g/mol. The molecule has 0 radical (unpaired) electrons. The molecular formula is C24H25N3O6S. The number of anilines is 1. The van der Waals surface area contributed by atoms with Crippen molar-refractivity contribution in [3.8, 4) is 0 Å². The number of aromatic nitrogens is 1. The zero-order valence-corrected chi connectivity index (χ0v) is 19.3. The van der Waals surface area contributed by atoms with E-state index in [-0.39, 0.29) is 49.3 Å². The summed E-state index contributed by atoms with van der Waals surface area (Å²) in [6, 6.07) is 7.56. The second-order valence-corrected chi connectivity index (χ2v) is 8.18. The van der Waals surface area contributed by atoms with E-state index in [0.717, 1.165) is 0 Å². The highest BCUT2D eigenvalue weighted by Crippen LogP contribution is 2.29. The van der Waals surface area contributed by atoms with Gasteiger partial charge in [0.25, 0.3) is 0 Å². The topological polar surface area (TPSA) is 115 Å². The first-order valence-corrected chi connectivity index (χ1v) is 11.0. The normalized spacial score (nSPS) is 17.1. The molecule has 1 N–H and O–H groups in total. The summed E-state index contributed by atoms with van der Waals surface area (Å²) in [5.41, 5.74) is 0.845. The molecule has 10 heteroatoms. The molecule has 1 saturated heterocycles. The Morgan fingerprint density at radius 2 is 1.85 bits per heavy atom. The zero-order chi connectivity index (χ0) is 24.7. The number of thiol groups is 1. The maximum atomic E-state index is 13.2. The number of nitrogens with one attached hydrogen (secondary N) is 1. The highest BCUT2D eigenvalue weighted by atomic mass is 32.1. The Bertz CT molecular complexity index is 1130. The number of carbonyl (C=O) groups is 4. The van der Waals surface area contributed by atoms with Crippen molar-refractivity contribution in [2.45, 2.75) is 18.9 Å². The van der Waals surface area contributed by atoms with E-state index in [4.69, 9.17) is 9.47 Å². The predicted octanol–water partition coefficient (Wildman–Crippen LogP) is 3.38. The number of esters is 1. The molecule has 34 heavy (non-hydrogen) atoms. The fourth-order valence-corrected chi connectivity index (χ4v) is 4.03. The van der Waals surface area contributed by atoms with Crippen LogP contribution in [0.4, 0.5) is 10.5 Å². The van der Waals surface area contributed by atoms with Crippen LogP contribution >= 0.6 is 12.6 Å². The number of pyridine rings is 1. The quantitative estimate of drug-likeness (QED) is 0.319. The van der Waals surface area contributed by atoms with Crippen molar-refractivity contribution >= 4 is 52.3 Å². The Kier molecular flexibility index (Phi) is 8.42. The van der Waals surface area contributed by atoms with E-state index in [1.807, 2.05) is 0 Å². The number of benzene rings is 1. The van der Waals surface area contributed by atoms with Gasteiger partial charge in [0.15, 0.2) is 5.12 Å². The molecule has 178 valence electrons. The first-order valence-electron chi connectivity index (χ1n) is 10.6. The van der Waals surface area contributed by atoms with Gasteiger partial charge in [-0.05, 0) is 24.5 Å². The van der Waals surface area contributed by atoms with Crippen LogP contribution in [-0.2, 0) is 19.1 Å². The Balaban J connectivity index is 1.85. The molecule has 9 nitrogen and oxygen atoms in total. The summed E-state index contributed by atoms with van der Waals surface area (Å²) in [5, 5.41) is 3.19. The van der Waals surface area contributed by atoms with E-state index >= 15 is 0 Å². The van der Waals surface area contributed by atoms with E-state index < -0.39 is 24.0 Å². The monoisotopic (exact) mass is 483 g/mol. The third kappa shape index (κ3) is 6.02. The third-order valence-electron chi connectivity index (χ3n) is 5.23. The maximum absolute atomic E-state index is 13.2. The Hall–Kier alpha value is -3.66. The van der Waals surface area contributed by atoms with Crippen LogP contribution in [0.1, 0.15) is 23.3 Å². The van der Waals surface area contributed by atoms with Crippen LogP contribution in [0.3, 0.4) is 0 Å². The van der Waals surface area contributed by atoms with Crippen LogP contribution in [0.2, 0.25) is 0 Å². The molecule has 0 spiro atoms. The summed E-state index contributed by atoms with van der Waals surface area (Å²) < 4.78 is 10.2. The van der Waals surface area contributed by atoms with E-state index in [1.165, 1.54) is 23.1 Å². The molecule has 1 aliphatic rings. The fourth-order valence-electron chi connectivity index (χ4n) is 3.77.